The number of hydrogen-bond acceptors (Lipinski definition) is 5. The maximum atomic E-state index is 5.84. The molecule has 1 saturated heterocycles. The van der Waals surface area contributed by atoms with E-state index < -0.39 is 0 Å². The molecule has 0 spiro atoms. The summed E-state index contributed by atoms with van der Waals surface area (Å²) in [6, 6.07) is 0.464. The van der Waals surface area contributed by atoms with Gasteiger partial charge in [0.05, 0.1) is 5.60 Å². The average Bonchev–Trinajstić information content (AvgIpc) is 2.77. The number of hydrogen-bond donors (Lipinski definition) is 1. The highest BCUT2D eigenvalue weighted by molar-refractivity contribution is 7.15. The second-order valence-electron chi connectivity index (χ2n) is 4.84. The third-order valence-electron chi connectivity index (χ3n) is 3.44. The fourth-order valence-electron chi connectivity index (χ4n) is 2.13. The smallest absolute Gasteiger partial charge is 0.205 e. The normalized spacial score (nSPS) is 29.2. The van der Waals surface area contributed by atoms with Crippen LogP contribution < -0.4 is 5.32 Å². The van der Waals surface area contributed by atoms with Gasteiger partial charge in [0.1, 0.15) is 5.01 Å². The molecule has 5 heteroatoms. The van der Waals surface area contributed by atoms with E-state index in [4.69, 9.17) is 4.74 Å². The van der Waals surface area contributed by atoms with Crippen LogP contribution in [0.1, 0.15) is 45.0 Å². The molecule has 2 unspecified atom stereocenters. The molecule has 0 aromatic carbocycles. The molecule has 2 rings (SSSR count). The fourth-order valence-corrected chi connectivity index (χ4v) is 2.89. The number of rotatable bonds is 4. The Morgan fingerprint density at radius 2 is 2.29 bits per heavy atom. The van der Waals surface area contributed by atoms with Crippen molar-refractivity contribution in [2.75, 3.05) is 11.9 Å². The van der Waals surface area contributed by atoms with Gasteiger partial charge in [-0.15, -0.1) is 10.2 Å². The quantitative estimate of drug-likeness (QED) is 0.898. The summed E-state index contributed by atoms with van der Waals surface area (Å²) in [5.74, 6) is 0. The van der Waals surface area contributed by atoms with Crippen molar-refractivity contribution in [3.63, 3.8) is 0 Å². The van der Waals surface area contributed by atoms with Crippen molar-refractivity contribution in [2.24, 2.45) is 0 Å². The van der Waals surface area contributed by atoms with Gasteiger partial charge in [-0.2, -0.15) is 0 Å². The lowest BCUT2D eigenvalue weighted by molar-refractivity contribution is -0.0708. The zero-order valence-electron chi connectivity index (χ0n) is 10.8. The van der Waals surface area contributed by atoms with Gasteiger partial charge >= 0.3 is 0 Å². The van der Waals surface area contributed by atoms with Crippen molar-refractivity contribution in [1.82, 2.24) is 10.2 Å². The first kappa shape index (κ1) is 12.8. The van der Waals surface area contributed by atoms with E-state index in [0.717, 1.165) is 42.4 Å². The molecule has 2 heterocycles. The molecule has 0 bridgehead atoms. The van der Waals surface area contributed by atoms with E-state index in [1.807, 2.05) is 0 Å². The molecule has 0 amide bonds. The maximum absolute atomic E-state index is 5.84. The van der Waals surface area contributed by atoms with E-state index in [9.17, 15) is 0 Å². The second-order valence-corrected chi connectivity index (χ2v) is 5.90. The van der Waals surface area contributed by atoms with Gasteiger partial charge in [-0.05, 0) is 32.6 Å². The maximum Gasteiger partial charge on any atom is 0.205 e. The Morgan fingerprint density at radius 3 is 2.94 bits per heavy atom. The molecule has 1 aliphatic heterocycles. The molecule has 1 N–H and O–H groups in total. The minimum absolute atomic E-state index is 0.0220. The van der Waals surface area contributed by atoms with Crippen LogP contribution in [0.2, 0.25) is 0 Å². The largest absolute Gasteiger partial charge is 0.375 e. The van der Waals surface area contributed by atoms with Gasteiger partial charge in [0.25, 0.3) is 0 Å². The zero-order chi connectivity index (χ0) is 12.3. The van der Waals surface area contributed by atoms with Crippen LogP contribution in [0.25, 0.3) is 0 Å². The number of nitrogens with one attached hydrogen (secondary N) is 1. The van der Waals surface area contributed by atoms with E-state index in [-0.39, 0.29) is 5.60 Å². The SMILES string of the molecule is CCc1nnc(NC2CCOC(C)(CC)C2)s1. The summed E-state index contributed by atoms with van der Waals surface area (Å²) >= 11 is 1.66. The molecule has 0 radical (unpaired) electrons. The van der Waals surface area contributed by atoms with Crippen molar-refractivity contribution in [3.8, 4) is 0 Å². The molecule has 96 valence electrons. The third-order valence-corrected chi connectivity index (χ3v) is 4.44. The molecule has 4 nitrogen and oxygen atoms in total. The highest BCUT2D eigenvalue weighted by Crippen LogP contribution is 2.30. The topological polar surface area (TPSA) is 47.0 Å². The molecule has 17 heavy (non-hydrogen) atoms. The van der Waals surface area contributed by atoms with Gasteiger partial charge in [0.15, 0.2) is 0 Å². The van der Waals surface area contributed by atoms with Gasteiger partial charge in [0, 0.05) is 12.6 Å². The number of nitrogens with zero attached hydrogens (tertiary/aromatic N) is 2. The highest BCUT2D eigenvalue weighted by atomic mass is 32.1. The molecular weight excluding hydrogens is 234 g/mol. The molecule has 1 fully saturated rings. The van der Waals surface area contributed by atoms with Crippen LogP contribution in [-0.2, 0) is 11.2 Å². The number of ether oxygens (including phenoxy) is 1. The van der Waals surface area contributed by atoms with Gasteiger partial charge in [0.2, 0.25) is 5.13 Å². The predicted octanol–water partition coefficient (Wildman–Crippen LogP) is 2.86. The molecule has 1 aromatic heterocycles. The van der Waals surface area contributed by atoms with E-state index in [2.05, 4.69) is 36.3 Å². The predicted molar refractivity (Wildman–Crippen MR) is 70.6 cm³/mol. The summed E-state index contributed by atoms with van der Waals surface area (Å²) < 4.78 is 5.84. The van der Waals surface area contributed by atoms with Crippen LogP contribution in [0.4, 0.5) is 5.13 Å². The summed E-state index contributed by atoms with van der Waals surface area (Å²) in [6.45, 7) is 7.31. The van der Waals surface area contributed by atoms with Crippen LogP contribution in [0, 0.1) is 0 Å². The summed E-state index contributed by atoms with van der Waals surface area (Å²) in [7, 11) is 0. The van der Waals surface area contributed by atoms with E-state index in [1.54, 1.807) is 11.3 Å². The Hall–Kier alpha value is -0.680. The minimum atomic E-state index is 0.0220. The molecule has 1 aliphatic rings. The Balaban J connectivity index is 1.94. The monoisotopic (exact) mass is 255 g/mol. The van der Waals surface area contributed by atoms with E-state index in [0.29, 0.717) is 6.04 Å². The molecule has 1 aromatic rings. The Labute approximate surface area is 107 Å². The number of anilines is 1. The Kier molecular flexibility index (Phi) is 3.99. The minimum Gasteiger partial charge on any atom is -0.375 e. The van der Waals surface area contributed by atoms with Crippen molar-refractivity contribution < 1.29 is 4.74 Å². The van der Waals surface area contributed by atoms with E-state index >= 15 is 0 Å². The highest BCUT2D eigenvalue weighted by Gasteiger charge is 2.31. The summed E-state index contributed by atoms with van der Waals surface area (Å²) in [4.78, 5) is 0. The summed E-state index contributed by atoms with van der Waals surface area (Å²) in [5.41, 5.74) is 0.0220. The van der Waals surface area contributed by atoms with Crippen molar-refractivity contribution in [3.05, 3.63) is 5.01 Å². The van der Waals surface area contributed by atoms with Crippen molar-refractivity contribution in [1.29, 1.82) is 0 Å². The lowest BCUT2D eigenvalue weighted by atomic mass is 9.90. The third kappa shape index (κ3) is 3.16. The van der Waals surface area contributed by atoms with Crippen molar-refractivity contribution in [2.45, 2.75) is 58.1 Å². The molecule has 2 atom stereocenters. The first-order valence-corrected chi connectivity index (χ1v) is 7.19. The first-order chi connectivity index (χ1) is 8.15. The van der Waals surface area contributed by atoms with Gasteiger partial charge in [-0.3, -0.25) is 0 Å². The lowest BCUT2D eigenvalue weighted by Crippen LogP contribution is -2.41. The van der Waals surface area contributed by atoms with Crippen LogP contribution in [-0.4, -0.2) is 28.4 Å². The van der Waals surface area contributed by atoms with Crippen LogP contribution in [0.5, 0.6) is 0 Å². The fraction of sp³-hybridized carbons (Fsp3) is 0.833. The van der Waals surface area contributed by atoms with Crippen molar-refractivity contribution >= 4 is 16.5 Å². The lowest BCUT2D eigenvalue weighted by Gasteiger charge is -2.37. The van der Waals surface area contributed by atoms with Gasteiger partial charge in [-0.25, -0.2) is 0 Å². The average molecular weight is 255 g/mol. The van der Waals surface area contributed by atoms with Gasteiger partial charge in [-0.1, -0.05) is 25.2 Å². The molecular formula is C12H21N3OS. The number of aromatic nitrogens is 2. The zero-order valence-corrected chi connectivity index (χ0v) is 11.6. The van der Waals surface area contributed by atoms with E-state index in [1.165, 1.54) is 0 Å². The first-order valence-electron chi connectivity index (χ1n) is 6.38. The van der Waals surface area contributed by atoms with Crippen LogP contribution in [0.15, 0.2) is 0 Å². The second kappa shape index (κ2) is 5.31. The van der Waals surface area contributed by atoms with Crippen LogP contribution >= 0.6 is 11.3 Å². The summed E-state index contributed by atoms with van der Waals surface area (Å²) in [5, 5.41) is 13.8. The molecule has 0 aliphatic carbocycles. The standard InChI is InChI=1S/C12H21N3OS/c1-4-10-14-15-11(17-10)13-9-6-7-16-12(3,5-2)8-9/h9H,4-8H2,1-3H3,(H,13,15). The summed E-state index contributed by atoms with van der Waals surface area (Å²) in [6.07, 6.45) is 4.11. The Morgan fingerprint density at radius 1 is 1.47 bits per heavy atom. The molecule has 0 saturated carbocycles. The Bertz CT molecular complexity index is 368. The van der Waals surface area contributed by atoms with Gasteiger partial charge < -0.3 is 10.1 Å². The van der Waals surface area contributed by atoms with Crippen LogP contribution in [0.3, 0.4) is 0 Å². The number of aryl methyl sites for hydroxylation is 1.